The van der Waals surface area contributed by atoms with Crippen LogP contribution in [0.1, 0.15) is 5.56 Å². The van der Waals surface area contributed by atoms with Crippen LogP contribution >= 0.6 is 0 Å². The molecule has 0 unspecified atom stereocenters. The largest absolute Gasteiger partial charge is 0.192 e. The maximum Gasteiger partial charge on any atom is 0.169 e. The second-order valence-electron chi connectivity index (χ2n) is 4.47. The highest BCUT2D eigenvalue weighted by molar-refractivity contribution is 6.70. The standard InChI is InChI=1S/C15H14BN/c1-16(2)15-5-3-4-14(10-15)13-8-6-12(11-17)7-9-13/h3-10H,1-2H3. The molecule has 2 aromatic carbocycles. The van der Waals surface area contributed by atoms with Gasteiger partial charge in [-0.05, 0) is 23.3 Å². The van der Waals surface area contributed by atoms with Crippen molar-refractivity contribution in [3.8, 4) is 17.2 Å². The molecule has 0 radical (unpaired) electrons. The Morgan fingerprint density at radius 1 is 0.941 bits per heavy atom. The van der Waals surface area contributed by atoms with E-state index in [1.165, 1.54) is 11.0 Å². The second-order valence-corrected chi connectivity index (χ2v) is 4.47. The molecule has 0 atom stereocenters. The van der Waals surface area contributed by atoms with Gasteiger partial charge in [-0.1, -0.05) is 55.5 Å². The first kappa shape index (κ1) is 11.5. The van der Waals surface area contributed by atoms with Crippen molar-refractivity contribution < 1.29 is 0 Å². The highest BCUT2D eigenvalue weighted by Crippen LogP contribution is 2.18. The summed E-state index contributed by atoms with van der Waals surface area (Å²) in [6.45, 7) is 4.92. The molecule has 17 heavy (non-hydrogen) atoms. The van der Waals surface area contributed by atoms with Crippen molar-refractivity contribution in [1.29, 1.82) is 5.26 Å². The van der Waals surface area contributed by atoms with Gasteiger partial charge in [-0.15, -0.1) is 0 Å². The fourth-order valence-electron chi connectivity index (χ4n) is 1.81. The topological polar surface area (TPSA) is 23.8 Å². The molecule has 2 rings (SSSR count). The Morgan fingerprint density at radius 2 is 1.65 bits per heavy atom. The minimum Gasteiger partial charge on any atom is -0.192 e. The van der Waals surface area contributed by atoms with E-state index in [0.29, 0.717) is 12.3 Å². The summed E-state index contributed by atoms with van der Waals surface area (Å²) in [4.78, 5) is 0. The van der Waals surface area contributed by atoms with Crippen LogP contribution in [0.15, 0.2) is 48.5 Å². The molecule has 0 spiro atoms. The van der Waals surface area contributed by atoms with Gasteiger partial charge in [0, 0.05) is 0 Å². The summed E-state index contributed by atoms with van der Waals surface area (Å²) in [5, 5.41) is 8.77. The first-order valence-corrected chi connectivity index (χ1v) is 5.81. The third-order valence-corrected chi connectivity index (χ3v) is 2.90. The van der Waals surface area contributed by atoms with Gasteiger partial charge in [0.05, 0.1) is 11.6 Å². The zero-order valence-corrected chi connectivity index (χ0v) is 10.1. The Hall–Kier alpha value is -2.01. The highest BCUT2D eigenvalue weighted by atomic mass is 14.2. The molecule has 1 nitrogen and oxygen atoms in total. The maximum absolute atomic E-state index is 8.77. The van der Waals surface area contributed by atoms with E-state index in [1.807, 2.05) is 24.3 Å². The van der Waals surface area contributed by atoms with Gasteiger partial charge >= 0.3 is 0 Å². The first-order chi connectivity index (χ1) is 8.20. The van der Waals surface area contributed by atoms with E-state index in [0.717, 1.165) is 5.56 Å². The van der Waals surface area contributed by atoms with Gasteiger partial charge in [-0.2, -0.15) is 5.26 Å². The van der Waals surface area contributed by atoms with E-state index >= 15 is 0 Å². The minimum atomic E-state index is 0.535. The van der Waals surface area contributed by atoms with Gasteiger partial charge in [-0.3, -0.25) is 0 Å². The lowest BCUT2D eigenvalue weighted by Crippen LogP contribution is -2.21. The summed E-state index contributed by atoms with van der Waals surface area (Å²) in [5.41, 5.74) is 4.41. The van der Waals surface area contributed by atoms with Crippen molar-refractivity contribution in [2.24, 2.45) is 0 Å². The van der Waals surface area contributed by atoms with Crippen LogP contribution in [0, 0.1) is 11.3 Å². The van der Waals surface area contributed by atoms with E-state index in [1.54, 1.807) is 0 Å². The summed E-state index contributed by atoms with van der Waals surface area (Å²) in [6, 6.07) is 18.4. The molecule has 0 heterocycles. The van der Waals surface area contributed by atoms with Gasteiger partial charge in [-0.25, -0.2) is 0 Å². The van der Waals surface area contributed by atoms with Gasteiger partial charge in [0.2, 0.25) is 0 Å². The summed E-state index contributed by atoms with van der Waals surface area (Å²) in [7, 11) is 0. The molecule has 0 aliphatic carbocycles. The Bertz CT molecular complexity index is 550. The lowest BCUT2D eigenvalue weighted by Gasteiger charge is -2.06. The zero-order chi connectivity index (χ0) is 12.3. The van der Waals surface area contributed by atoms with Crippen LogP contribution in [0.3, 0.4) is 0 Å². The van der Waals surface area contributed by atoms with Crippen molar-refractivity contribution in [3.05, 3.63) is 54.1 Å². The lowest BCUT2D eigenvalue weighted by atomic mass is 9.49. The Labute approximate surface area is 103 Å². The van der Waals surface area contributed by atoms with Crippen LogP contribution in [0.4, 0.5) is 0 Å². The van der Waals surface area contributed by atoms with E-state index in [9.17, 15) is 0 Å². The average Bonchev–Trinajstić information content (AvgIpc) is 2.39. The molecule has 2 aromatic rings. The number of hydrogen-bond donors (Lipinski definition) is 0. The molecular weight excluding hydrogens is 205 g/mol. The maximum atomic E-state index is 8.77. The molecule has 0 bridgehead atoms. The fraction of sp³-hybridized carbons (Fsp3) is 0.133. The summed E-state index contributed by atoms with van der Waals surface area (Å²) in [5.74, 6) is 0. The van der Waals surface area contributed by atoms with Crippen LogP contribution in [0.2, 0.25) is 13.6 Å². The Balaban J connectivity index is 2.39. The minimum absolute atomic E-state index is 0.535. The SMILES string of the molecule is CB(C)c1cccc(-c2ccc(C#N)cc2)c1. The van der Waals surface area contributed by atoms with E-state index in [2.05, 4.69) is 44.0 Å². The van der Waals surface area contributed by atoms with Crippen molar-refractivity contribution in [2.75, 3.05) is 0 Å². The number of benzene rings is 2. The molecule has 0 aromatic heterocycles. The van der Waals surface area contributed by atoms with Crippen LogP contribution in [-0.2, 0) is 0 Å². The Kier molecular flexibility index (Phi) is 3.30. The second kappa shape index (κ2) is 4.89. The van der Waals surface area contributed by atoms with E-state index < -0.39 is 0 Å². The van der Waals surface area contributed by atoms with Gasteiger partial charge in [0.1, 0.15) is 0 Å². The number of hydrogen-bond acceptors (Lipinski definition) is 1. The third-order valence-electron chi connectivity index (χ3n) is 2.90. The van der Waals surface area contributed by atoms with Gasteiger partial charge < -0.3 is 0 Å². The normalized spacial score (nSPS) is 9.71. The number of nitrogens with zero attached hydrogens (tertiary/aromatic N) is 1. The summed E-state index contributed by atoms with van der Waals surface area (Å²) >= 11 is 0. The van der Waals surface area contributed by atoms with Crippen molar-refractivity contribution in [2.45, 2.75) is 13.6 Å². The molecule has 0 aliphatic rings. The molecular formula is C15H14BN. The molecule has 0 saturated carbocycles. The van der Waals surface area contributed by atoms with Gasteiger partial charge in [0.25, 0.3) is 0 Å². The van der Waals surface area contributed by atoms with Crippen LogP contribution in [0.5, 0.6) is 0 Å². The molecule has 2 heteroatoms. The predicted molar refractivity (Wildman–Crippen MR) is 73.7 cm³/mol. The lowest BCUT2D eigenvalue weighted by molar-refractivity contribution is 1.48. The molecule has 0 saturated heterocycles. The quantitative estimate of drug-likeness (QED) is 0.711. The van der Waals surface area contributed by atoms with Crippen molar-refractivity contribution >= 4 is 12.2 Å². The van der Waals surface area contributed by atoms with Gasteiger partial charge in [0.15, 0.2) is 6.71 Å². The van der Waals surface area contributed by atoms with E-state index in [-0.39, 0.29) is 0 Å². The molecule has 82 valence electrons. The van der Waals surface area contributed by atoms with Crippen LogP contribution in [0.25, 0.3) is 11.1 Å². The number of rotatable bonds is 2. The Morgan fingerprint density at radius 3 is 2.24 bits per heavy atom. The summed E-state index contributed by atoms with van der Waals surface area (Å²) < 4.78 is 0. The molecule has 0 fully saturated rings. The molecule has 0 aliphatic heterocycles. The summed E-state index contributed by atoms with van der Waals surface area (Å²) in [6.07, 6.45) is 0. The smallest absolute Gasteiger partial charge is 0.169 e. The zero-order valence-electron chi connectivity index (χ0n) is 10.1. The third kappa shape index (κ3) is 2.57. The average molecular weight is 219 g/mol. The highest BCUT2D eigenvalue weighted by Gasteiger charge is 2.04. The fourth-order valence-corrected chi connectivity index (χ4v) is 1.81. The van der Waals surface area contributed by atoms with Crippen LogP contribution in [-0.4, -0.2) is 6.71 Å². The molecule has 0 amide bonds. The van der Waals surface area contributed by atoms with Crippen molar-refractivity contribution in [3.63, 3.8) is 0 Å². The van der Waals surface area contributed by atoms with Crippen molar-refractivity contribution in [1.82, 2.24) is 0 Å². The first-order valence-electron chi connectivity index (χ1n) is 5.81. The van der Waals surface area contributed by atoms with E-state index in [4.69, 9.17) is 5.26 Å². The molecule has 0 N–H and O–H groups in total. The predicted octanol–water partition coefficient (Wildman–Crippen LogP) is 3.19. The van der Waals surface area contributed by atoms with Crippen LogP contribution < -0.4 is 5.46 Å². The monoisotopic (exact) mass is 219 g/mol. The number of nitriles is 1.